The number of benzene rings is 1. The Bertz CT molecular complexity index is 505. The minimum atomic E-state index is 0.225. The van der Waals surface area contributed by atoms with Crippen molar-refractivity contribution in [3.05, 3.63) is 39.9 Å². The third-order valence-electron chi connectivity index (χ3n) is 3.62. The SMILES string of the molecule is COc1ccc(Br)cc1CC(=O)C1=CCC(C)CC1. The molecule has 0 radical (unpaired) electrons. The first-order valence-corrected chi connectivity index (χ1v) is 7.44. The quantitative estimate of drug-likeness (QED) is 0.825. The monoisotopic (exact) mass is 322 g/mol. The van der Waals surface area contributed by atoms with Crippen molar-refractivity contribution in [1.82, 2.24) is 0 Å². The molecule has 19 heavy (non-hydrogen) atoms. The number of Topliss-reactive ketones (excluding diaryl/α,β-unsaturated/α-hetero) is 1. The van der Waals surface area contributed by atoms with Crippen LogP contribution in [0.15, 0.2) is 34.3 Å². The van der Waals surface area contributed by atoms with Crippen molar-refractivity contribution in [2.24, 2.45) is 5.92 Å². The predicted octanol–water partition coefficient (Wildman–Crippen LogP) is 4.32. The first kappa shape index (κ1) is 14.3. The van der Waals surface area contributed by atoms with Crippen molar-refractivity contribution >= 4 is 21.7 Å². The fourth-order valence-corrected chi connectivity index (χ4v) is 2.80. The summed E-state index contributed by atoms with van der Waals surface area (Å²) in [7, 11) is 1.64. The summed E-state index contributed by atoms with van der Waals surface area (Å²) in [4.78, 5) is 12.3. The summed E-state index contributed by atoms with van der Waals surface area (Å²) >= 11 is 3.44. The van der Waals surface area contributed by atoms with E-state index in [2.05, 4.69) is 28.9 Å². The lowest BCUT2D eigenvalue weighted by molar-refractivity contribution is -0.115. The van der Waals surface area contributed by atoms with Gasteiger partial charge in [0.15, 0.2) is 5.78 Å². The van der Waals surface area contributed by atoms with Gasteiger partial charge in [-0.3, -0.25) is 4.79 Å². The van der Waals surface area contributed by atoms with E-state index in [1.807, 2.05) is 18.2 Å². The topological polar surface area (TPSA) is 26.3 Å². The minimum Gasteiger partial charge on any atom is -0.496 e. The molecule has 1 aliphatic rings. The van der Waals surface area contributed by atoms with Gasteiger partial charge in [0.25, 0.3) is 0 Å². The number of hydrogen-bond donors (Lipinski definition) is 0. The number of ketones is 1. The van der Waals surface area contributed by atoms with Gasteiger partial charge in [-0.2, -0.15) is 0 Å². The predicted molar refractivity (Wildman–Crippen MR) is 80.5 cm³/mol. The van der Waals surface area contributed by atoms with Gasteiger partial charge in [-0.15, -0.1) is 0 Å². The number of allylic oxidation sites excluding steroid dienone is 2. The Kier molecular flexibility index (Phi) is 4.81. The van der Waals surface area contributed by atoms with Gasteiger partial charge in [0.1, 0.15) is 5.75 Å². The zero-order chi connectivity index (χ0) is 13.8. The fraction of sp³-hybridized carbons (Fsp3) is 0.438. The van der Waals surface area contributed by atoms with Gasteiger partial charge in [0.05, 0.1) is 7.11 Å². The summed E-state index contributed by atoms with van der Waals surface area (Å²) in [5, 5.41) is 0. The van der Waals surface area contributed by atoms with Crippen LogP contribution in [0.25, 0.3) is 0 Å². The van der Waals surface area contributed by atoms with E-state index in [0.717, 1.165) is 40.6 Å². The number of halogens is 1. The van der Waals surface area contributed by atoms with Crippen LogP contribution in [0, 0.1) is 5.92 Å². The molecule has 0 heterocycles. The van der Waals surface area contributed by atoms with Gasteiger partial charge in [-0.1, -0.05) is 28.9 Å². The molecule has 2 rings (SSSR count). The second-order valence-electron chi connectivity index (χ2n) is 5.17. The lowest BCUT2D eigenvalue weighted by atomic mass is 9.87. The first-order valence-electron chi connectivity index (χ1n) is 6.64. The van der Waals surface area contributed by atoms with Gasteiger partial charge < -0.3 is 4.74 Å². The molecule has 0 N–H and O–H groups in total. The lowest BCUT2D eigenvalue weighted by Crippen LogP contribution is -2.12. The van der Waals surface area contributed by atoms with Gasteiger partial charge in [0, 0.05) is 16.5 Å². The molecule has 0 aliphatic heterocycles. The molecule has 1 aromatic rings. The van der Waals surface area contributed by atoms with Crippen LogP contribution in [0.2, 0.25) is 0 Å². The molecule has 0 saturated carbocycles. The van der Waals surface area contributed by atoms with Gasteiger partial charge in [0.2, 0.25) is 0 Å². The lowest BCUT2D eigenvalue weighted by Gasteiger charge is -2.17. The van der Waals surface area contributed by atoms with Crippen molar-refractivity contribution < 1.29 is 9.53 Å². The zero-order valence-electron chi connectivity index (χ0n) is 11.4. The maximum absolute atomic E-state index is 12.3. The highest BCUT2D eigenvalue weighted by molar-refractivity contribution is 9.10. The van der Waals surface area contributed by atoms with Crippen LogP contribution in [0.3, 0.4) is 0 Å². The highest BCUT2D eigenvalue weighted by atomic mass is 79.9. The van der Waals surface area contributed by atoms with E-state index in [1.54, 1.807) is 7.11 Å². The molecule has 0 aromatic heterocycles. The molecule has 1 aliphatic carbocycles. The Morgan fingerprint density at radius 1 is 1.47 bits per heavy atom. The van der Waals surface area contributed by atoms with E-state index in [9.17, 15) is 4.79 Å². The van der Waals surface area contributed by atoms with E-state index in [0.29, 0.717) is 12.3 Å². The third-order valence-corrected chi connectivity index (χ3v) is 4.12. The Hall–Kier alpha value is -1.09. The highest BCUT2D eigenvalue weighted by Gasteiger charge is 2.17. The number of methoxy groups -OCH3 is 1. The van der Waals surface area contributed by atoms with E-state index in [-0.39, 0.29) is 5.78 Å². The second-order valence-corrected chi connectivity index (χ2v) is 6.08. The van der Waals surface area contributed by atoms with Crippen molar-refractivity contribution in [3.8, 4) is 5.75 Å². The minimum absolute atomic E-state index is 0.225. The molecule has 1 aromatic carbocycles. The zero-order valence-corrected chi connectivity index (χ0v) is 13.0. The standard InChI is InChI=1S/C16H19BrO2/c1-11-3-5-12(6-4-11)15(18)10-13-9-14(17)7-8-16(13)19-2/h5,7-9,11H,3-4,6,10H2,1-2H3. The van der Waals surface area contributed by atoms with Crippen LogP contribution in [0.5, 0.6) is 5.75 Å². The summed E-state index contributed by atoms with van der Waals surface area (Å²) in [6, 6.07) is 5.78. The van der Waals surface area contributed by atoms with Crippen molar-refractivity contribution in [2.45, 2.75) is 32.6 Å². The molecule has 1 unspecified atom stereocenters. The van der Waals surface area contributed by atoms with Crippen LogP contribution >= 0.6 is 15.9 Å². The van der Waals surface area contributed by atoms with Gasteiger partial charge in [-0.05, 0) is 49.0 Å². The average molecular weight is 323 g/mol. The molecule has 0 spiro atoms. The summed E-state index contributed by atoms with van der Waals surface area (Å²) in [5.74, 6) is 1.71. The van der Waals surface area contributed by atoms with Crippen LogP contribution in [0.1, 0.15) is 31.7 Å². The van der Waals surface area contributed by atoms with E-state index >= 15 is 0 Å². The molecular weight excluding hydrogens is 304 g/mol. The average Bonchev–Trinajstić information content (AvgIpc) is 2.39. The number of carbonyl (C=O) groups excluding carboxylic acids is 1. The summed E-state index contributed by atoms with van der Waals surface area (Å²) in [6.45, 7) is 2.23. The Labute approximate surface area is 123 Å². The molecule has 3 heteroatoms. The van der Waals surface area contributed by atoms with Crippen LogP contribution in [0.4, 0.5) is 0 Å². The Balaban J connectivity index is 2.13. The number of rotatable bonds is 4. The molecule has 0 amide bonds. The number of hydrogen-bond acceptors (Lipinski definition) is 2. The molecule has 0 fully saturated rings. The summed E-state index contributed by atoms with van der Waals surface area (Å²) in [6.07, 6.45) is 5.59. The van der Waals surface area contributed by atoms with Crippen molar-refractivity contribution in [2.75, 3.05) is 7.11 Å². The second kappa shape index (κ2) is 6.38. The van der Waals surface area contributed by atoms with E-state index < -0.39 is 0 Å². The molecule has 0 bridgehead atoms. The number of carbonyl (C=O) groups is 1. The van der Waals surface area contributed by atoms with Crippen LogP contribution < -0.4 is 4.74 Å². The van der Waals surface area contributed by atoms with Gasteiger partial charge >= 0.3 is 0 Å². The van der Waals surface area contributed by atoms with Crippen LogP contribution in [-0.2, 0) is 11.2 Å². The molecule has 102 valence electrons. The van der Waals surface area contributed by atoms with Crippen LogP contribution in [-0.4, -0.2) is 12.9 Å². The Morgan fingerprint density at radius 3 is 2.89 bits per heavy atom. The molecule has 1 atom stereocenters. The molecule has 2 nitrogen and oxygen atoms in total. The van der Waals surface area contributed by atoms with E-state index in [4.69, 9.17) is 4.74 Å². The van der Waals surface area contributed by atoms with Crippen molar-refractivity contribution in [1.29, 1.82) is 0 Å². The molecule has 0 saturated heterocycles. The number of ether oxygens (including phenoxy) is 1. The highest BCUT2D eigenvalue weighted by Crippen LogP contribution is 2.27. The normalized spacial score (nSPS) is 18.9. The third kappa shape index (κ3) is 3.69. The first-order chi connectivity index (χ1) is 9.10. The Morgan fingerprint density at radius 2 is 2.26 bits per heavy atom. The van der Waals surface area contributed by atoms with E-state index in [1.165, 1.54) is 0 Å². The smallest absolute Gasteiger partial charge is 0.163 e. The van der Waals surface area contributed by atoms with Crippen molar-refractivity contribution in [3.63, 3.8) is 0 Å². The largest absolute Gasteiger partial charge is 0.496 e. The fourth-order valence-electron chi connectivity index (χ4n) is 2.39. The summed E-state index contributed by atoms with van der Waals surface area (Å²) in [5.41, 5.74) is 1.93. The maximum Gasteiger partial charge on any atom is 0.163 e. The maximum atomic E-state index is 12.3. The summed E-state index contributed by atoms with van der Waals surface area (Å²) < 4.78 is 6.29. The molecular formula is C16H19BrO2. The van der Waals surface area contributed by atoms with Gasteiger partial charge in [-0.25, -0.2) is 0 Å².